The second-order valence-electron chi connectivity index (χ2n) is 4.59. The number of anilines is 1. The molecular formula is C10H14N4O4. The average Bonchev–Trinajstić information content (AvgIpc) is 3.07. The Kier molecular flexibility index (Phi) is 2.42. The van der Waals surface area contributed by atoms with Crippen molar-refractivity contribution in [2.75, 3.05) is 18.9 Å². The van der Waals surface area contributed by atoms with Gasteiger partial charge in [0.2, 0.25) is 0 Å². The Hall–Kier alpha value is -1.48. The van der Waals surface area contributed by atoms with Crippen molar-refractivity contribution in [1.29, 1.82) is 0 Å². The van der Waals surface area contributed by atoms with Crippen LogP contribution in [0.4, 0.5) is 5.82 Å². The Bertz CT molecular complexity index is 527. The predicted molar refractivity (Wildman–Crippen MR) is 60.6 cm³/mol. The standard InChI is InChI=1S/C10H14N4O4/c11-6-1-2-14(9(17)13-6)8-10(4-12-10)7(16)5(3-15)18-8/h1-2,5,7-8,12,15-16H,3-4H2,(H2,11,13,17)/t5-,7?,8?,10+/m1/s1. The summed E-state index contributed by atoms with van der Waals surface area (Å²) in [6.45, 7) is 0.213. The molecule has 8 heteroatoms. The highest BCUT2D eigenvalue weighted by Gasteiger charge is 2.64. The second kappa shape index (κ2) is 3.75. The first kappa shape index (κ1) is 11.6. The summed E-state index contributed by atoms with van der Waals surface area (Å²) in [5.41, 5.74) is 4.16. The number of ether oxygens (including phenoxy) is 1. The first-order valence-electron chi connectivity index (χ1n) is 5.62. The molecule has 0 radical (unpaired) electrons. The van der Waals surface area contributed by atoms with Gasteiger partial charge in [-0.15, -0.1) is 0 Å². The lowest BCUT2D eigenvalue weighted by Gasteiger charge is -2.19. The molecule has 0 aromatic carbocycles. The minimum atomic E-state index is -0.864. The molecule has 0 aliphatic carbocycles. The lowest BCUT2D eigenvalue weighted by molar-refractivity contribution is -0.0470. The van der Waals surface area contributed by atoms with Crippen LogP contribution in [-0.2, 0) is 4.74 Å². The van der Waals surface area contributed by atoms with Crippen LogP contribution < -0.4 is 16.7 Å². The van der Waals surface area contributed by atoms with Crippen molar-refractivity contribution in [2.45, 2.75) is 24.0 Å². The van der Waals surface area contributed by atoms with Gasteiger partial charge in [0.05, 0.1) is 6.61 Å². The lowest BCUT2D eigenvalue weighted by atomic mass is 10.00. The van der Waals surface area contributed by atoms with E-state index >= 15 is 0 Å². The smallest absolute Gasteiger partial charge is 0.351 e. The molecule has 2 unspecified atom stereocenters. The van der Waals surface area contributed by atoms with E-state index in [0.717, 1.165) is 0 Å². The molecule has 0 bridgehead atoms. The highest BCUT2D eigenvalue weighted by molar-refractivity contribution is 5.25. The largest absolute Gasteiger partial charge is 0.394 e. The maximum atomic E-state index is 11.8. The fourth-order valence-corrected chi connectivity index (χ4v) is 2.39. The summed E-state index contributed by atoms with van der Waals surface area (Å²) in [5, 5.41) is 22.2. The number of nitrogens with zero attached hydrogens (tertiary/aromatic N) is 2. The molecule has 4 atom stereocenters. The molecule has 0 saturated carbocycles. The number of hydrogen-bond donors (Lipinski definition) is 4. The van der Waals surface area contributed by atoms with Gasteiger partial charge in [-0.05, 0) is 6.07 Å². The first-order chi connectivity index (χ1) is 8.58. The highest BCUT2D eigenvalue weighted by atomic mass is 16.5. The quantitative estimate of drug-likeness (QED) is 0.426. The molecule has 2 fully saturated rings. The van der Waals surface area contributed by atoms with Crippen LogP contribution >= 0.6 is 0 Å². The zero-order valence-corrected chi connectivity index (χ0v) is 9.48. The SMILES string of the molecule is Nc1ccn(C2O[C@H](CO)C(O)[C@@]23CN3)c(=O)n1. The summed E-state index contributed by atoms with van der Waals surface area (Å²) in [4.78, 5) is 15.4. The van der Waals surface area contributed by atoms with Crippen molar-refractivity contribution in [3.63, 3.8) is 0 Å². The molecule has 2 aliphatic rings. The monoisotopic (exact) mass is 254 g/mol. The third kappa shape index (κ3) is 1.47. The molecular weight excluding hydrogens is 240 g/mol. The molecule has 1 aromatic heterocycles. The van der Waals surface area contributed by atoms with Crippen LogP contribution in [0.25, 0.3) is 0 Å². The average molecular weight is 254 g/mol. The summed E-state index contributed by atoms with van der Waals surface area (Å²) < 4.78 is 6.80. The van der Waals surface area contributed by atoms with Gasteiger partial charge in [0.1, 0.15) is 23.6 Å². The molecule has 2 saturated heterocycles. The van der Waals surface area contributed by atoms with Crippen molar-refractivity contribution in [3.05, 3.63) is 22.7 Å². The van der Waals surface area contributed by atoms with E-state index in [4.69, 9.17) is 15.6 Å². The molecule has 1 aromatic rings. The van der Waals surface area contributed by atoms with Crippen LogP contribution in [0, 0.1) is 0 Å². The number of aliphatic hydroxyl groups is 2. The van der Waals surface area contributed by atoms with Gasteiger partial charge in [0.15, 0.2) is 6.23 Å². The van der Waals surface area contributed by atoms with Gasteiger partial charge in [-0.1, -0.05) is 0 Å². The normalized spacial score (nSPS) is 38.2. The Balaban J connectivity index is 2.00. The summed E-state index contributed by atoms with van der Waals surface area (Å²) in [6, 6.07) is 1.49. The number of aromatic nitrogens is 2. The summed E-state index contributed by atoms with van der Waals surface area (Å²) in [7, 11) is 0. The van der Waals surface area contributed by atoms with E-state index in [1.54, 1.807) is 0 Å². The third-order valence-corrected chi connectivity index (χ3v) is 3.49. The second-order valence-corrected chi connectivity index (χ2v) is 4.59. The maximum absolute atomic E-state index is 11.8. The zero-order valence-electron chi connectivity index (χ0n) is 9.48. The molecule has 5 N–H and O–H groups in total. The van der Waals surface area contributed by atoms with E-state index in [2.05, 4.69) is 10.3 Å². The van der Waals surface area contributed by atoms with Crippen LogP contribution in [0.1, 0.15) is 6.23 Å². The van der Waals surface area contributed by atoms with E-state index in [0.29, 0.717) is 6.54 Å². The Morgan fingerprint density at radius 2 is 2.44 bits per heavy atom. The number of nitrogens with one attached hydrogen (secondary N) is 1. The summed E-state index contributed by atoms with van der Waals surface area (Å²) >= 11 is 0. The van der Waals surface area contributed by atoms with Crippen LogP contribution in [0.2, 0.25) is 0 Å². The van der Waals surface area contributed by atoms with Gasteiger partial charge in [-0.2, -0.15) is 4.98 Å². The Morgan fingerprint density at radius 3 is 3.00 bits per heavy atom. The fourth-order valence-electron chi connectivity index (χ4n) is 2.39. The minimum Gasteiger partial charge on any atom is -0.394 e. The molecule has 18 heavy (non-hydrogen) atoms. The first-order valence-corrected chi connectivity index (χ1v) is 5.62. The zero-order chi connectivity index (χ0) is 12.9. The molecule has 98 valence electrons. The number of nitrogen functional groups attached to an aromatic ring is 1. The maximum Gasteiger partial charge on any atom is 0.351 e. The van der Waals surface area contributed by atoms with Gasteiger partial charge >= 0.3 is 5.69 Å². The molecule has 3 heterocycles. The molecule has 1 spiro atoms. The van der Waals surface area contributed by atoms with Gasteiger partial charge in [-0.3, -0.25) is 4.57 Å². The van der Waals surface area contributed by atoms with Crippen molar-refractivity contribution in [3.8, 4) is 0 Å². The number of hydrogen-bond acceptors (Lipinski definition) is 7. The van der Waals surface area contributed by atoms with Gasteiger partial charge in [0.25, 0.3) is 0 Å². The van der Waals surface area contributed by atoms with E-state index in [1.807, 2.05) is 0 Å². The van der Waals surface area contributed by atoms with Crippen LogP contribution in [0.3, 0.4) is 0 Å². The summed E-state index contributed by atoms with van der Waals surface area (Å²) in [5.74, 6) is 0.131. The van der Waals surface area contributed by atoms with Crippen molar-refractivity contribution in [1.82, 2.24) is 14.9 Å². The minimum absolute atomic E-state index is 0.131. The molecule has 2 aliphatic heterocycles. The highest BCUT2D eigenvalue weighted by Crippen LogP contribution is 2.43. The van der Waals surface area contributed by atoms with Crippen LogP contribution in [0.15, 0.2) is 17.1 Å². The number of nitrogens with two attached hydrogens (primary N) is 1. The number of aliphatic hydroxyl groups excluding tert-OH is 2. The van der Waals surface area contributed by atoms with E-state index < -0.39 is 29.7 Å². The van der Waals surface area contributed by atoms with Crippen molar-refractivity contribution in [2.24, 2.45) is 0 Å². The fraction of sp³-hybridized carbons (Fsp3) is 0.600. The molecule has 0 amide bonds. The van der Waals surface area contributed by atoms with Crippen molar-refractivity contribution < 1.29 is 14.9 Å². The molecule has 8 nitrogen and oxygen atoms in total. The topological polar surface area (TPSA) is 133 Å². The van der Waals surface area contributed by atoms with Gasteiger partial charge < -0.3 is 26.0 Å². The van der Waals surface area contributed by atoms with Gasteiger partial charge in [-0.25, -0.2) is 4.79 Å². The van der Waals surface area contributed by atoms with E-state index in [-0.39, 0.29) is 12.4 Å². The molecule has 3 rings (SSSR count). The van der Waals surface area contributed by atoms with Crippen LogP contribution in [0.5, 0.6) is 0 Å². The summed E-state index contributed by atoms with van der Waals surface area (Å²) in [6.07, 6.45) is -0.791. The lowest BCUT2D eigenvalue weighted by Crippen LogP contribution is -2.41. The predicted octanol–water partition coefficient (Wildman–Crippen LogP) is -2.58. The van der Waals surface area contributed by atoms with Crippen LogP contribution in [-0.4, -0.2) is 50.7 Å². The Labute approximate surface area is 102 Å². The third-order valence-electron chi connectivity index (χ3n) is 3.49. The number of rotatable bonds is 2. The van der Waals surface area contributed by atoms with Crippen molar-refractivity contribution >= 4 is 5.82 Å². The Morgan fingerprint density at radius 1 is 1.72 bits per heavy atom. The van der Waals surface area contributed by atoms with Gasteiger partial charge in [0, 0.05) is 12.7 Å². The van der Waals surface area contributed by atoms with E-state index in [9.17, 15) is 9.90 Å². The van der Waals surface area contributed by atoms with E-state index in [1.165, 1.54) is 16.8 Å².